The molecule has 0 amide bonds. The van der Waals surface area contributed by atoms with E-state index < -0.39 is 0 Å². The van der Waals surface area contributed by atoms with Crippen LogP contribution in [0.3, 0.4) is 0 Å². The van der Waals surface area contributed by atoms with Crippen LogP contribution in [0, 0.1) is 0 Å². The van der Waals surface area contributed by atoms with Gasteiger partial charge >= 0.3 is 133 Å². The zero-order valence-electron chi connectivity index (χ0n) is 1.42. The maximum absolute atomic E-state index is 7.81. The van der Waals surface area contributed by atoms with Crippen LogP contribution in [0.4, 0.5) is 0 Å². The summed E-state index contributed by atoms with van der Waals surface area (Å²) in [5, 5.41) is 0. The van der Waals surface area contributed by atoms with E-state index in [4.69, 9.17) is 3.83 Å². The van der Waals surface area contributed by atoms with Crippen LogP contribution in [0.5, 0.6) is 0 Å². The third-order valence-electron chi connectivity index (χ3n) is 0. The summed E-state index contributed by atoms with van der Waals surface area (Å²) in [6.07, 6.45) is 0. The van der Waals surface area contributed by atoms with E-state index in [1.807, 2.05) is 0 Å². The van der Waals surface area contributed by atoms with Gasteiger partial charge in [-0.25, -0.2) is 0 Å². The van der Waals surface area contributed by atoms with E-state index in [-0.39, 0.29) is 113 Å². The maximum atomic E-state index is 7.81. The zero-order chi connectivity index (χ0) is 2.00. The van der Waals surface area contributed by atoms with Gasteiger partial charge in [0, 0.05) is 0 Å². The van der Waals surface area contributed by atoms with E-state index in [0.29, 0.717) is 0 Å². The molecule has 5 heteroatoms. The predicted octanol–water partition coefficient (Wildman–Crippen LogP) is -3.14. The van der Waals surface area contributed by atoms with E-state index in [1.54, 1.807) is 0 Å². The van der Waals surface area contributed by atoms with Crippen LogP contribution in [0.15, 0.2) is 0 Å². The van der Waals surface area contributed by atoms with E-state index >= 15 is 0 Å². The van der Waals surface area contributed by atoms with Crippen molar-refractivity contribution in [1.29, 1.82) is 0 Å². The third-order valence-corrected chi connectivity index (χ3v) is 0. The molecule has 5 heavy (non-hydrogen) atoms. The number of rotatable bonds is 0. The average Bonchev–Trinajstić information content (AvgIpc) is 1.00. The molecular weight excluding hydrogens is 466 g/mol. The Morgan fingerprint density at radius 1 is 1.20 bits per heavy atom. The molecule has 0 aliphatic carbocycles. The summed E-state index contributed by atoms with van der Waals surface area (Å²) in [5.74, 6) is 0. The van der Waals surface area contributed by atoms with E-state index in [0.717, 1.165) is 0 Å². The van der Waals surface area contributed by atoms with E-state index in [2.05, 4.69) is 15.9 Å². The van der Waals surface area contributed by atoms with Crippen molar-refractivity contribution in [2.45, 2.75) is 0 Å². The van der Waals surface area contributed by atoms with Gasteiger partial charge in [-0.2, -0.15) is 0 Å². The molecule has 0 radical (unpaired) electrons. The van der Waals surface area contributed by atoms with Crippen LogP contribution in [-0.4, -0.2) is 113 Å². The van der Waals surface area contributed by atoms with Gasteiger partial charge in [0.2, 0.25) is 0 Å². The van der Waals surface area contributed by atoms with Gasteiger partial charge in [-0.05, 0) is 0 Å². The predicted molar refractivity (Wildman–Crippen MR) is 27.7 cm³/mol. The standard InChI is InChI=1S/Ba.Bi.Ca.Cu.O.7H. The first-order valence-electron chi connectivity index (χ1n) is 0.123. The van der Waals surface area contributed by atoms with Gasteiger partial charge in [0.15, 0.2) is 0 Å². The Morgan fingerprint density at radius 3 is 1.20 bits per heavy atom. The second-order valence-corrected chi connectivity index (χ2v) is 0. The van der Waals surface area contributed by atoms with Crippen molar-refractivity contribution in [3.8, 4) is 0 Å². The summed E-state index contributed by atoms with van der Waals surface area (Å²) in [6.45, 7) is 0. The van der Waals surface area contributed by atoms with Crippen LogP contribution >= 0.6 is 0 Å². The van der Waals surface area contributed by atoms with Gasteiger partial charge in [0.25, 0.3) is 0 Å². The fourth-order valence-electron chi connectivity index (χ4n) is 0. The summed E-state index contributed by atoms with van der Waals surface area (Å²) in [4.78, 5) is 0. The second-order valence-electron chi connectivity index (χ2n) is 0. The van der Waals surface area contributed by atoms with Gasteiger partial charge in [0.05, 0.1) is 0 Å². The molecular formula is H7BaBiCaCuO. The molecule has 0 saturated heterocycles. The monoisotopic (exact) mass is 473 g/mol. The molecule has 0 spiro atoms. The molecule has 0 fully saturated rings. The SMILES string of the molecule is [BaH2].[BiH3].[CaH2].[O]=[Cu]. The number of hydrogen-bond acceptors (Lipinski definition) is 1. The van der Waals surface area contributed by atoms with Crippen LogP contribution in [0.2, 0.25) is 0 Å². The quantitative estimate of drug-likeness (QED) is 0.341. The second kappa shape index (κ2) is 24.4. The Balaban J connectivity index is -0.00000000167. The van der Waals surface area contributed by atoms with Gasteiger partial charge in [-0.15, -0.1) is 0 Å². The first-order chi connectivity index (χ1) is 1.00. The molecule has 0 aliphatic rings. The van der Waals surface area contributed by atoms with Crippen molar-refractivity contribution in [1.82, 2.24) is 0 Å². The van der Waals surface area contributed by atoms with E-state index in [1.165, 1.54) is 0 Å². The Labute approximate surface area is 129 Å². The van der Waals surface area contributed by atoms with Crippen molar-refractivity contribution in [3.05, 3.63) is 0 Å². The average molecular weight is 473 g/mol. The molecule has 0 atom stereocenters. The summed E-state index contributed by atoms with van der Waals surface area (Å²) >= 11 is 2.94. The van der Waals surface area contributed by atoms with Gasteiger partial charge in [-0.1, -0.05) is 0 Å². The van der Waals surface area contributed by atoms with Crippen molar-refractivity contribution < 1.29 is 19.8 Å². The summed E-state index contributed by atoms with van der Waals surface area (Å²) in [6, 6.07) is 0. The van der Waals surface area contributed by atoms with Crippen LogP contribution in [0.1, 0.15) is 0 Å². The first-order valence-corrected chi connectivity index (χ1v) is 0.508. The van der Waals surface area contributed by atoms with Crippen molar-refractivity contribution in [2.24, 2.45) is 0 Å². The third kappa shape index (κ3) is 18.0. The molecule has 0 N–H and O–H groups in total. The Bertz CT molecular complexity index is 11.6. The van der Waals surface area contributed by atoms with Crippen molar-refractivity contribution in [3.63, 3.8) is 0 Å². The van der Waals surface area contributed by atoms with Gasteiger partial charge in [-0.3, -0.25) is 0 Å². The molecule has 0 rings (SSSR count). The van der Waals surface area contributed by atoms with Gasteiger partial charge < -0.3 is 0 Å². The fourth-order valence-corrected chi connectivity index (χ4v) is 0. The Hall–Kier alpha value is 4.03. The van der Waals surface area contributed by atoms with Crippen molar-refractivity contribution in [2.75, 3.05) is 0 Å². The number of hydrogen-bond donors (Lipinski definition) is 0. The molecule has 33 valence electrons. The summed E-state index contributed by atoms with van der Waals surface area (Å²) < 4.78 is 7.81. The molecule has 0 aromatic carbocycles. The zero-order valence-corrected chi connectivity index (χ0v) is 7.86. The van der Waals surface area contributed by atoms with Crippen LogP contribution in [0.25, 0.3) is 0 Å². The molecule has 0 unspecified atom stereocenters. The van der Waals surface area contributed by atoms with Gasteiger partial charge in [0.1, 0.15) is 0 Å². The summed E-state index contributed by atoms with van der Waals surface area (Å²) in [5.41, 5.74) is 0. The summed E-state index contributed by atoms with van der Waals surface area (Å²) in [7, 11) is 0. The van der Waals surface area contributed by atoms with Crippen LogP contribution < -0.4 is 0 Å². The van der Waals surface area contributed by atoms with E-state index in [9.17, 15) is 0 Å². The molecule has 0 aromatic heterocycles. The molecule has 0 heterocycles. The van der Waals surface area contributed by atoms with Crippen LogP contribution in [-0.2, 0) is 19.8 Å². The molecule has 0 bridgehead atoms. The molecule has 0 saturated carbocycles. The normalized spacial score (nSPS) is 1.20. The molecule has 0 aromatic rings. The first kappa shape index (κ1) is 23.0. The minimum absolute atomic E-state index is 0. The minimum atomic E-state index is 0. The molecule has 1 nitrogen and oxygen atoms in total. The van der Waals surface area contributed by atoms with Crippen molar-refractivity contribution >= 4 is 113 Å². The topological polar surface area (TPSA) is 17.1 Å². The fraction of sp³-hybridized carbons (Fsp3) is 0. The Morgan fingerprint density at radius 2 is 1.20 bits per heavy atom. The Kier molecular flexibility index (Phi) is 112. The molecule has 0 aliphatic heterocycles.